The number of ketones is 1. The number of aryl methyl sites for hydroxylation is 1. The van der Waals surface area contributed by atoms with Crippen LogP contribution in [0.5, 0.6) is 0 Å². The number of allylic oxidation sites excluding steroid dienone is 1. The van der Waals surface area contributed by atoms with E-state index in [2.05, 4.69) is 10.2 Å². The third kappa shape index (κ3) is 3.49. The van der Waals surface area contributed by atoms with Crippen LogP contribution in [0, 0.1) is 19.7 Å². The van der Waals surface area contributed by atoms with Crippen LogP contribution < -0.4 is 0 Å². The number of hydrogen-bond donors (Lipinski definition) is 0. The van der Waals surface area contributed by atoms with Crippen molar-refractivity contribution in [3.05, 3.63) is 71.1 Å². The van der Waals surface area contributed by atoms with Gasteiger partial charge in [0.2, 0.25) is 0 Å². The van der Waals surface area contributed by atoms with Crippen molar-refractivity contribution < 1.29 is 9.18 Å². The van der Waals surface area contributed by atoms with Crippen molar-refractivity contribution in [3.8, 4) is 5.69 Å². The predicted octanol–water partition coefficient (Wildman–Crippen LogP) is 4.30. The molecule has 0 saturated heterocycles. The molecule has 0 fully saturated rings. The fraction of sp³-hybridized carbons (Fsp3) is 0.250. The van der Waals surface area contributed by atoms with Gasteiger partial charge in [-0.1, -0.05) is 0 Å². The van der Waals surface area contributed by atoms with E-state index < -0.39 is 0 Å². The third-order valence-electron chi connectivity index (χ3n) is 4.23. The minimum atomic E-state index is -0.289. The largest absolute Gasteiger partial charge is 0.289 e. The zero-order chi connectivity index (χ0) is 18.8. The summed E-state index contributed by atoms with van der Waals surface area (Å²) in [6.45, 7) is 7.82. The van der Waals surface area contributed by atoms with E-state index in [1.54, 1.807) is 40.0 Å². The highest BCUT2D eigenvalue weighted by molar-refractivity contribution is 6.06. The highest BCUT2D eigenvalue weighted by atomic mass is 19.1. The second-order valence-electron chi connectivity index (χ2n) is 6.47. The van der Waals surface area contributed by atoms with Gasteiger partial charge in [-0.05, 0) is 64.1 Å². The number of carbonyl (C=O) groups is 1. The van der Waals surface area contributed by atoms with E-state index in [1.807, 2.05) is 27.7 Å². The summed E-state index contributed by atoms with van der Waals surface area (Å²) in [6.07, 6.45) is 6.63. The van der Waals surface area contributed by atoms with Gasteiger partial charge in [-0.3, -0.25) is 9.48 Å². The van der Waals surface area contributed by atoms with Gasteiger partial charge in [0.05, 0.1) is 23.1 Å². The molecule has 0 radical (unpaired) electrons. The Balaban J connectivity index is 1.86. The normalized spacial score (nSPS) is 11.6. The minimum absolute atomic E-state index is 0.106. The van der Waals surface area contributed by atoms with Crippen molar-refractivity contribution in [1.29, 1.82) is 0 Å². The molecule has 2 aromatic heterocycles. The molecule has 0 amide bonds. The number of carbonyl (C=O) groups excluding carboxylic acids is 1. The molecule has 0 aliphatic rings. The van der Waals surface area contributed by atoms with Crippen LogP contribution in [-0.2, 0) is 0 Å². The van der Waals surface area contributed by atoms with Crippen LogP contribution >= 0.6 is 0 Å². The predicted molar refractivity (Wildman–Crippen MR) is 99.0 cm³/mol. The molecule has 0 unspecified atom stereocenters. The van der Waals surface area contributed by atoms with Crippen molar-refractivity contribution in [2.75, 3.05) is 0 Å². The zero-order valence-corrected chi connectivity index (χ0v) is 15.3. The van der Waals surface area contributed by atoms with E-state index in [0.717, 1.165) is 22.6 Å². The Labute approximate surface area is 151 Å². The van der Waals surface area contributed by atoms with Crippen molar-refractivity contribution in [2.24, 2.45) is 0 Å². The quantitative estimate of drug-likeness (QED) is 0.508. The molecule has 134 valence electrons. The van der Waals surface area contributed by atoms with Gasteiger partial charge in [0.25, 0.3) is 0 Å². The molecular formula is C20H21FN4O. The smallest absolute Gasteiger partial charge is 0.189 e. The van der Waals surface area contributed by atoms with E-state index in [9.17, 15) is 9.18 Å². The summed E-state index contributed by atoms with van der Waals surface area (Å²) in [5, 5.41) is 8.70. The first kappa shape index (κ1) is 17.8. The number of rotatable bonds is 5. The van der Waals surface area contributed by atoms with Gasteiger partial charge >= 0.3 is 0 Å². The Kier molecular flexibility index (Phi) is 4.84. The molecule has 1 aromatic carbocycles. The second kappa shape index (κ2) is 7.07. The van der Waals surface area contributed by atoms with Crippen LogP contribution in [0.2, 0.25) is 0 Å². The van der Waals surface area contributed by atoms with Gasteiger partial charge in [0, 0.05) is 23.5 Å². The van der Waals surface area contributed by atoms with Crippen LogP contribution in [0.4, 0.5) is 4.39 Å². The summed E-state index contributed by atoms with van der Waals surface area (Å²) >= 11 is 0. The minimum Gasteiger partial charge on any atom is -0.289 e. The summed E-state index contributed by atoms with van der Waals surface area (Å²) in [5.41, 5.74) is 3.89. The lowest BCUT2D eigenvalue weighted by molar-refractivity contribution is 0.104. The van der Waals surface area contributed by atoms with E-state index in [-0.39, 0.29) is 17.6 Å². The molecule has 3 aromatic rings. The van der Waals surface area contributed by atoms with Crippen molar-refractivity contribution in [3.63, 3.8) is 0 Å². The molecule has 2 heterocycles. The van der Waals surface area contributed by atoms with Gasteiger partial charge in [0.15, 0.2) is 5.78 Å². The monoisotopic (exact) mass is 352 g/mol. The molecule has 0 spiro atoms. The maximum absolute atomic E-state index is 13.1. The number of benzene rings is 1. The highest BCUT2D eigenvalue weighted by Crippen LogP contribution is 2.20. The summed E-state index contributed by atoms with van der Waals surface area (Å²) < 4.78 is 16.6. The average molecular weight is 352 g/mol. The van der Waals surface area contributed by atoms with Crippen molar-refractivity contribution in [2.45, 2.75) is 33.7 Å². The third-order valence-corrected chi connectivity index (χ3v) is 4.23. The average Bonchev–Trinajstić information content (AvgIpc) is 3.20. The number of hydrogen-bond acceptors (Lipinski definition) is 3. The molecule has 3 rings (SSSR count). The van der Waals surface area contributed by atoms with E-state index >= 15 is 0 Å². The van der Waals surface area contributed by atoms with Gasteiger partial charge in [-0.2, -0.15) is 10.2 Å². The van der Waals surface area contributed by atoms with E-state index in [0.29, 0.717) is 5.56 Å². The fourth-order valence-electron chi connectivity index (χ4n) is 2.73. The number of halogens is 1. The summed E-state index contributed by atoms with van der Waals surface area (Å²) in [5.74, 6) is -0.395. The standard InChI is InChI=1S/C20H21FN4O/c1-13(2)24-12-16(11-22-24)20(26)10-9-19-14(3)23-25(15(19)4)18-7-5-17(21)6-8-18/h5-13H,1-4H3. The Morgan fingerprint density at radius 2 is 1.88 bits per heavy atom. The molecule has 0 atom stereocenters. The Hall–Kier alpha value is -3.02. The van der Waals surface area contributed by atoms with Gasteiger partial charge in [-0.15, -0.1) is 0 Å². The Morgan fingerprint density at radius 3 is 2.50 bits per heavy atom. The van der Waals surface area contributed by atoms with E-state index in [4.69, 9.17) is 0 Å². The Bertz CT molecular complexity index is 964. The maximum Gasteiger partial charge on any atom is 0.189 e. The molecule has 26 heavy (non-hydrogen) atoms. The first-order chi connectivity index (χ1) is 12.4. The first-order valence-electron chi connectivity index (χ1n) is 8.45. The molecule has 0 bridgehead atoms. The van der Waals surface area contributed by atoms with Crippen molar-refractivity contribution in [1.82, 2.24) is 19.6 Å². The summed E-state index contributed by atoms with van der Waals surface area (Å²) in [7, 11) is 0. The molecule has 0 aliphatic heterocycles. The fourth-order valence-corrected chi connectivity index (χ4v) is 2.73. The molecular weight excluding hydrogens is 331 g/mol. The van der Waals surface area contributed by atoms with Crippen molar-refractivity contribution >= 4 is 11.9 Å². The van der Waals surface area contributed by atoms with Crippen LogP contribution in [0.25, 0.3) is 11.8 Å². The van der Waals surface area contributed by atoms with Crippen LogP contribution in [0.15, 0.2) is 42.7 Å². The molecule has 6 heteroatoms. The first-order valence-corrected chi connectivity index (χ1v) is 8.45. The zero-order valence-electron chi connectivity index (χ0n) is 15.3. The van der Waals surface area contributed by atoms with Gasteiger partial charge < -0.3 is 0 Å². The van der Waals surface area contributed by atoms with Crippen LogP contribution in [0.3, 0.4) is 0 Å². The molecule has 5 nitrogen and oxygen atoms in total. The number of nitrogens with zero attached hydrogens (tertiary/aromatic N) is 4. The van der Waals surface area contributed by atoms with Crippen LogP contribution in [0.1, 0.15) is 47.2 Å². The maximum atomic E-state index is 13.1. The molecule has 0 aliphatic carbocycles. The lowest BCUT2D eigenvalue weighted by Crippen LogP contribution is -2.00. The summed E-state index contributed by atoms with van der Waals surface area (Å²) in [4.78, 5) is 12.4. The van der Waals surface area contributed by atoms with Gasteiger partial charge in [-0.25, -0.2) is 9.07 Å². The lowest BCUT2D eigenvalue weighted by atomic mass is 10.1. The molecule has 0 saturated carbocycles. The number of aromatic nitrogens is 4. The lowest BCUT2D eigenvalue weighted by Gasteiger charge is -2.04. The topological polar surface area (TPSA) is 52.7 Å². The van der Waals surface area contributed by atoms with Crippen LogP contribution in [-0.4, -0.2) is 25.3 Å². The summed E-state index contributed by atoms with van der Waals surface area (Å²) in [6, 6.07) is 6.36. The second-order valence-corrected chi connectivity index (χ2v) is 6.47. The van der Waals surface area contributed by atoms with Gasteiger partial charge in [0.1, 0.15) is 5.82 Å². The van der Waals surface area contributed by atoms with E-state index in [1.165, 1.54) is 18.2 Å². The Morgan fingerprint density at radius 1 is 1.19 bits per heavy atom. The highest BCUT2D eigenvalue weighted by Gasteiger charge is 2.12. The molecule has 0 N–H and O–H groups in total. The SMILES string of the molecule is Cc1nn(-c2ccc(F)cc2)c(C)c1C=CC(=O)c1cnn(C(C)C)c1.